The number of anilines is 1. The van der Waals surface area contributed by atoms with E-state index in [-0.39, 0.29) is 13.2 Å². The number of azo groups is 1. The lowest BCUT2D eigenvalue weighted by atomic mass is 10.2. The van der Waals surface area contributed by atoms with Crippen LogP contribution in [0.1, 0.15) is 10.4 Å². The lowest BCUT2D eigenvalue weighted by molar-refractivity contribution is 0.281. The lowest BCUT2D eigenvalue weighted by Crippen LogP contribution is -2.29. The van der Waals surface area contributed by atoms with Crippen molar-refractivity contribution in [2.45, 2.75) is 0 Å². The van der Waals surface area contributed by atoms with Gasteiger partial charge in [-0.1, -0.05) is 11.5 Å². The van der Waals surface area contributed by atoms with E-state index in [1.54, 1.807) is 6.08 Å². The van der Waals surface area contributed by atoms with Crippen LogP contribution >= 0.6 is 11.5 Å². The van der Waals surface area contributed by atoms with Gasteiger partial charge in [0.2, 0.25) is 0 Å². The van der Waals surface area contributed by atoms with Crippen LogP contribution in [0.3, 0.4) is 0 Å². The summed E-state index contributed by atoms with van der Waals surface area (Å²) in [5.41, 5.74) is 8.33. The van der Waals surface area contributed by atoms with Crippen molar-refractivity contribution in [3.05, 3.63) is 46.2 Å². The zero-order valence-corrected chi connectivity index (χ0v) is 13.7. The van der Waals surface area contributed by atoms with Crippen molar-refractivity contribution < 1.29 is 10.2 Å². The van der Waals surface area contributed by atoms with Crippen molar-refractivity contribution in [1.82, 2.24) is 4.37 Å². The number of aliphatic hydroxyl groups is 2. The third-order valence-electron chi connectivity index (χ3n) is 3.45. The zero-order valence-electron chi connectivity index (χ0n) is 12.9. The largest absolute Gasteiger partial charge is 0.395 e. The third kappa shape index (κ3) is 3.68. The molecule has 1 aliphatic carbocycles. The van der Waals surface area contributed by atoms with Crippen molar-refractivity contribution in [2.24, 2.45) is 10.2 Å². The van der Waals surface area contributed by atoms with Gasteiger partial charge in [-0.05, 0) is 35.8 Å². The quantitative estimate of drug-likeness (QED) is 0.511. The predicted octanol–water partition coefficient (Wildman–Crippen LogP) is 3.14. The molecule has 24 heavy (non-hydrogen) atoms. The first-order valence-electron chi connectivity index (χ1n) is 7.47. The van der Waals surface area contributed by atoms with Gasteiger partial charge in [0.1, 0.15) is 0 Å². The van der Waals surface area contributed by atoms with Gasteiger partial charge in [0, 0.05) is 36.5 Å². The molecule has 0 saturated carbocycles. The van der Waals surface area contributed by atoms with Crippen molar-refractivity contribution in [3.63, 3.8) is 0 Å². The maximum absolute atomic E-state index is 9.09. The number of nitrogens with zero attached hydrogens (tertiary/aromatic N) is 4. The number of benzene rings is 1. The van der Waals surface area contributed by atoms with E-state index in [4.69, 9.17) is 10.2 Å². The number of aromatic nitrogens is 1. The van der Waals surface area contributed by atoms with Gasteiger partial charge in [-0.2, -0.15) is 4.37 Å². The maximum Gasteiger partial charge on any atom is 0.196 e. The average molecular weight is 340 g/mol. The normalized spacial score (nSPS) is 12.1. The highest BCUT2D eigenvalue weighted by Gasteiger charge is 2.10. The highest BCUT2D eigenvalue weighted by atomic mass is 32.1. The molecular weight excluding hydrogens is 324 g/mol. The first kappa shape index (κ1) is 16.3. The Morgan fingerprint density at radius 1 is 1.00 bits per heavy atom. The van der Waals surface area contributed by atoms with Crippen molar-refractivity contribution in [3.8, 4) is 0 Å². The summed E-state index contributed by atoms with van der Waals surface area (Å²) in [5, 5.41) is 26.6. The van der Waals surface area contributed by atoms with Crippen LogP contribution in [-0.2, 0) is 0 Å². The summed E-state index contributed by atoms with van der Waals surface area (Å²) in [7, 11) is 0. The topological polar surface area (TPSA) is 81.3 Å². The first-order valence-corrected chi connectivity index (χ1v) is 8.25. The van der Waals surface area contributed by atoms with Gasteiger partial charge in [0.15, 0.2) is 5.82 Å². The average Bonchev–Trinajstić information content (AvgIpc) is 3.03. The molecule has 3 rings (SSSR count). The monoisotopic (exact) mass is 340 g/mol. The molecule has 0 saturated heterocycles. The molecule has 0 unspecified atom stereocenters. The molecule has 0 fully saturated rings. The molecule has 1 aromatic carbocycles. The minimum Gasteiger partial charge on any atom is -0.395 e. The SMILES string of the molecule is OCCN(CCO)c1ccc(N=Nc2nsc3c2C=C=C=C3)cc1. The van der Waals surface area contributed by atoms with E-state index in [0.29, 0.717) is 24.6 Å². The molecule has 7 heteroatoms. The molecule has 0 amide bonds. The van der Waals surface area contributed by atoms with Gasteiger partial charge in [-0.15, -0.1) is 10.2 Å². The van der Waals surface area contributed by atoms with Crippen LogP contribution in [0, 0.1) is 0 Å². The summed E-state index contributed by atoms with van der Waals surface area (Å²) in [6.45, 7) is 1.01. The molecule has 6 nitrogen and oxygen atoms in total. The molecule has 2 N–H and O–H groups in total. The van der Waals surface area contributed by atoms with Crippen LogP contribution in [0.25, 0.3) is 12.2 Å². The third-order valence-corrected chi connectivity index (χ3v) is 4.25. The Kier molecular flexibility index (Phi) is 5.33. The maximum atomic E-state index is 9.09. The number of hydrogen-bond donors (Lipinski definition) is 2. The molecule has 0 spiro atoms. The van der Waals surface area contributed by atoms with E-state index in [2.05, 4.69) is 26.1 Å². The molecular formula is C17H16N4O2S. The summed E-state index contributed by atoms with van der Waals surface area (Å²) in [4.78, 5) is 2.91. The first-order chi connectivity index (χ1) is 11.8. The molecule has 0 radical (unpaired) electrons. The lowest BCUT2D eigenvalue weighted by Gasteiger charge is -2.22. The summed E-state index contributed by atoms with van der Waals surface area (Å²) >= 11 is 1.36. The van der Waals surface area contributed by atoms with Crippen LogP contribution in [0.5, 0.6) is 0 Å². The highest BCUT2D eigenvalue weighted by molar-refractivity contribution is 7.07. The molecule has 0 aliphatic heterocycles. The molecule has 1 heterocycles. The second-order valence-corrected chi connectivity index (χ2v) is 5.82. The van der Waals surface area contributed by atoms with E-state index in [9.17, 15) is 0 Å². The van der Waals surface area contributed by atoms with Crippen LogP contribution in [0.15, 0.2) is 46.0 Å². The number of fused-ring (bicyclic) bond motifs is 1. The molecule has 1 aromatic heterocycles. The van der Waals surface area contributed by atoms with Gasteiger partial charge in [-0.25, -0.2) is 0 Å². The highest BCUT2D eigenvalue weighted by Crippen LogP contribution is 2.30. The Bertz CT molecular complexity index is 823. The Morgan fingerprint density at radius 2 is 1.71 bits per heavy atom. The van der Waals surface area contributed by atoms with E-state index >= 15 is 0 Å². The summed E-state index contributed by atoms with van der Waals surface area (Å²) in [6.07, 6.45) is 3.63. The fourth-order valence-corrected chi connectivity index (χ4v) is 2.96. The summed E-state index contributed by atoms with van der Waals surface area (Å²) in [5.74, 6) is 0.575. The zero-order chi connectivity index (χ0) is 16.8. The Morgan fingerprint density at radius 3 is 2.42 bits per heavy atom. The van der Waals surface area contributed by atoms with Gasteiger partial charge in [0.05, 0.1) is 23.8 Å². The molecule has 0 atom stereocenters. The minimum absolute atomic E-state index is 0.0345. The van der Waals surface area contributed by atoms with Gasteiger partial charge >= 0.3 is 0 Å². The van der Waals surface area contributed by atoms with Crippen molar-refractivity contribution in [2.75, 3.05) is 31.2 Å². The Labute approximate surface area is 143 Å². The fourth-order valence-electron chi connectivity index (χ4n) is 2.28. The van der Waals surface area contributed by atoms with Gasteiger partial charge in [-0.3, -0.25) is 0 Å². The summed E-state index contributed by atoms with van der Waals surface area (Å²) < 4.78 is 4.28. The predicted molar refractivity (Wildman–Crippen MR) is 95.1 cm³/mol. The number of rotatable bonds is 7. The smallest absolute Gasteiger partial charge is 0.196 e. The molecule has 122 valence electrons. The van der Waals surface area contributed by atoms with Gasteiger partial charge in [0.25, 0.3) is 0 Å². The van der Waals surface area contributed by atoms with E-state index in [0.717, 1.165) is 16.1 Å². The van der Waals surface area contributed by atoms with Crippen LogP contribution in [0.4, 0.5) is 17.2 Å². The molecule has 0 bridgehead atoms. The molecule has 1 aliphatic rings. The number of aliphatic hydroxyl groups excluding tert-OH is 2. The van der Waals surface area contributed by atoms with Crippen LogP contribution in [0.2, 0.25) is 0 Å². The Balaban J connectivity index is 1.74. The second-order valence-electron chi connectivity index (χ2n) is 5.01. The fraction of sp³-hybridized carbons (Fsp3) is 0.235. The van der Waals surface area contributed by atoms with E-state index in [1.807, 2.05) is 35.2 Å². The van der Waals surface area contributed by atoms with Crippen LogP contribution < -0.4 is 4.90 Å². The van der Waals surface area contributed by atoms with E-state index < -0.39 is 0 Å². The second kappa shape index (κ2) is 7.84. The van der Waals surface area contributed by atoms with Crippen LogP contribution in [-0.4, -0.2) is 40.9 Å². The minimum atomic E-state index is 0.0345. The Hall–Kier alpha value is -2.53. The van der Waals surface area contributed by atoms with Crippen molar-refractivity contribution >= 4 is 40.9 Å². The van der Waals surface area contributed by atoms with Gasteiger partial charge < -0.3 is 15.1 Å². The number of hydrogen-bond acceptors (Lipinski definition) is 7. The van der Waals surface area contributed by atoms with Crippen molar-refractivity contribution in [1.29, 1.82) is 0 Å². The van der Waals surface area contributed by atoms with E-state index in [1.165, 1.54) is 11.5 Å². The standard InChI is InChI=1S/C17H16N4O2S/c22-11-9-21(10-12-23)14-7-5-13(6-8-14)18-19-17-15-3-1-2-4-16(15)24-20-17/h3-8,22-23H,9-12H2. The summed E-state index contributed by atoms with van der Waals surface area (Å²) in [6, 6.07) is 7.47. The molecule has 2 aromatic rings.